The van der Waals surface area contributed by atoms with Crippen molar-refractivity contribution < 1.29 is 18.0 Å². The van der Waals surface area contributed by atoms with Crippen LogP contribution >= 0.6 is 0 Å². The summed E-state index contributed by atoms with van der Waals surface area (Å²) in [6.45, 7) is 7.77. The molecule has 0 spiro atoms. The van der Waals surface area contributed by atoms with Crippen molar-refractivity contribution in [2.45, 2.75) is 32.5 Å². The molecule has 0 aromatic rings. The summed E-state index contributed by atoms with van der Waals surface area (Å²) in [5, 5.41) is 2.50. The molecule has 2 atom stereocenters. The van der Waals surface area contributed by atoms with Crippen molar-refractivity contribution in [2.24, 2.45) is 11.8 Å². The molecule has 2 unspecified atom stereocenters. The van der Waals surface area contributed by atoms with Crippen LogP contribution in [0.4, 0.5) is 13.2 Å². The van der Waals surface area contributed by atoms with E-state index in [9.17, 15) is 18.0 Å². The molecule has 0 heterocycles. The Morgan fingerprint density at radius 2 is 1.94 bits per heavy atom. The van der Waals surface area contributed by atoms with Crippen molar-refractivity contribution in [1.29, 1.82) is 0 Å². The Hall–Kier alpha value is -0.840. The van der Waals surface area contributed by atoms with Crippen molar-refractivity contribution >= 4 is 5.78 Å². The first-order valence-corrected chi connectivity index (χ1v) is 5.14. The Labute approximate surface area is 93.9 Å². The van der Waals surface area contributed by atoms with Crippen LogP contribution in [0.2, 0.25) is 0 Å². The lowest BCUT2D eigenvalue weighted by molar-refractivity contribution is -0.198. The summed E-state index contributed by atoms with van der Waals surface area (Å²) in [6, 6.07) is -0.582. The number of rotatable bonds is 2. The van der Waals surface area contributed by atoms with E-state index in [1.54, 1.807) is 0 Å². The van der Waals surface area contributed by atoms with E-state index in [0.717, 1.165) is 0 Å². The van der Waals surface area contributed by atoms with Gasteiger partial charge in [-0.25, -0.2) is 0 Å². The summed E-state index contributed by atoms with van der Waals surface area (Å²) < 4.78 is 35.4. The van der Waals surface area contributed by atoms with Gasteiger partial charge in [-0.15, -0.1) is 6.58 Å². The molecule has 1 N–H and O–H groups in total. The van der Waals surface area contributed by atoms with Crippen molar-refractivity contribution in [3.8, 4) is 0 Å². The molecule has 0 aromatic carbocycles. The molecule has 0 radical (unpaired) electrons. The highest BCUT2D eigenvalue weighted by Gasteiger charge is 2.54. The maximum absolute atomic E-state index is 11.8. The second kappa shape index (κ2) is 6.03. The molecule has 0 aromatic heterocycles. The molecule has 1 fully saturated rings. The molecule has 0 saturated heterocycles. The minimum atomic E-state index is -4.34. The lowest BCUT2D eigenvalue weighted by Crippen LogP contribution is -2.55. The molecular weight excluding hydrogens is 219 g/mol. The fraction of sp³-hybridized carbons (Fsp3) is 0.727. The number of likely N-dealkylation sites (N-methyl/N-ethyl adjacent to an activating group) is 1. The van der Waals surface area contributed by atoms with Crippen LogP contribution in [-0.2, 0) is 4.79 Å². The lowest BCUT2D eigenvalue weighted by Gasteiger charge is -2.34. The van der Waals surface area contributed by atoms with E-state index >= 15 is 0 Å². The van der Waals surface area contributed by atoms with Crippen LogP contribution in [0.1, 0.15) is 20.3 Å². The van der Waals surface area contributed by atoms with Crippen molar-refractivity contribution in [3.63, 3.8) is 0 Å². The van der Waals surface area contributed by atoms with E-state index in [-0.39, 0.29) is 6.42 Å². The molecular formula is C11H18F3NO. The average molecular weight is 237 g/mol. The molecule has 94 valence electrons. The third kappa shape index (κ3) is 4.35. The van der Waals surface area contributed by atoms with Gasteiger partial charge in [0.05, 0.1) is 6.04 Å². The van der Waals surface area contributed by atoms with Crippen LogP contribution in [0.15, 0.2) is 12.7 Å². The minimum absolute atomic E-state index is 0.112. The van der Waals surface area contributed by atoms with Crippen LogP contribution in [0.3, 0.4) is 0 Å². The Morgan fingerprint density at radius 1 is 1.50 bits per heavy atom. The number of halogens is 3. The summed E-state index contributed by atoms with van der Waals surface area (Å²) >= 11 is 0. The van der Waals surface area contributed by atoms with E-state index in [2.05, 4.69) is 25.7 Å². The zero-order valence-corrected chi connectivity index (χ0v) is 9.77. The summed E-state index contributed by atoms with van der Waals surface area (Å²) in [6.07, 6.45) is -2.54. The Morgan fingerprint density at radius 3 is 2.12 bits per heavy atom. The number of carbonyl (C=O) groups is 1. The van der Waals surface area contributed by atoms with Crippen LogP contribution in [0.25, 0.3) is 0 Å². The molecule has 5 heteroatoms. The average Bonchev–Trinajstić information content (AvgIpc) is 2.15. The summed E-state index contributed by atoms with van der Waals surface area (Å²) in [4.78, 5) is 10.7. The maximum atomic E-state index is 11.8. The highest BCUT2D eigenvalue weighted by atomic mass is 19.4. The molecule has 0 bridgehead atoms. The largest absolute Gasteiger partial charge is 0.398 e. The number of nitrogens with one attached hydrogen (secondary N) is 1. The number of hydrogen-bond donors (Lipinski definition) is 1. The highest BCUT2D eigenvalue weighted by Crippen LogP contribution is 2.37. The Bertz CT molecular complexity index is 248. The van der Waals surface area contributed by atoms with Gasteiger partial charge < -0.3 is 5.32 Å². The first-order chi connectivity index (χ1) is 7.23. The third-order valence-corrected chi connectivity index (χ3v) is 2.37. The standard InChI is InChI=1S/C6H8F3NO.C5H10/c1-10-4-2-3(5(4)11)6(7,8)9;1-4-5(2)3/h3-4,10H,2H2,1H3;4-5H,1H2,2-3H3. The number of carbonyl (C=O) groups excluding carboxylic acids is 1. The number of Topliss-reactive ketones (excluding diaryl/α,β-unsaturated/α-hetero) is 1. The molecule has 1 aliphatic carbocycles. The van der Waals surface area contributed by atoms with Gasteiger partial charge in [0.1, 0.15) is 5.92 Å². The fourth-order valence-electron chi connectivity index (χ4n) is 1.11. The smallest absolute Gasteiger partial charge is 0.311 e. The van der Waals surface area contributed by atoms with Gasteiger partial charge in [0.2, 0.25) is 0 Å². The van der Waals surface area contributed by atoms with Gasteiger partial charge in [0, 0.05) is 0 Å². The summed E-state index contributed by atoms with van der Waals surface area (Å²) in [5.74, 6) is -1.81. The van der Waals surface area contributed by atoms with Gasteiger partial charge >= 0.3 is 6.18 Å². The van der Waals surface area contributed by atoms with E-state index in [0.29, 0.717) is 5.92 Å². The van der Waals surface area contributed by atoms with E-state index in [4.69, 9.17) is 0 Å². The fourth-order valence-corrected chi connectivity index (χ4v) is 1.11. The van der Waals surface area contributed by atoms with Gasteiger partial charge in [-0.1, -0.05) is 19.9 Å². The van der Waals surface area contributed by atoms with Gasteiger partial charge in [-0.2, -0.15) is 13.2 Å². The molecule has 2 nitrogen and oxygen atoms in total. The van der Waals surface area contributed by atoms with Gasteiger partial charge in [-0.3, -0.25) is 4.79 Å². The third-order valence-electron chi connectivity index (χ3n) is 2.37. The van der Waals surface area contributed by atoms with Crippen molar-refractivity contribution in [3.05, 3.63) is 12.7 Å². The number of alkyl halides is 3. The summed E-state index contributed by atoms with van der Waals surface area (Å²) in [7, 11) is 1.48. The number of ketones is 1. The van der Waals surface area contributed by atoms with Crippen molar-refractivity contribution in [1.82, 2.24) is 5.32 Å². The Balaban J connectivity index is 0.000000385. The predicted octanol–water partition coefficient (Wildman–Crippen LogP) is 2.55. The van der Waals surface area contributed by atoms with E-state index < -0.39 is 23.9 Å². The Kier molecular flexibility index (Phi) is 5.72. The van der Waals surface area contributed by atoms with Crippen LogP contribution < -0.4 is 5.32 Å². The zero-order valence-electron chi connectivity index (χ0n) is 9.77. The van der Waals surface area contributed by atoms with Gasteiger partial charge in [0.15, 0.2) is 5.78 Å². The van der Waals surface area contributed by atoms with E-state index in [1.165, 1.54) is 7.05 Å². The number of allylic oxidation sites excluding steroid dienone is 1. The molecule has 0 amide bonds. The van der Waals surface area contributed by atoms with Crippen LogP contribution in [-0.4, -0.2) is 25.0 Å². The first kappa shape index (κ1) is 15.2. The van der Waals surface area contributed by atoms with Gasteiger partial charge in [0.25, 0.3) is 0 Å². The quantitative estimate of drug-likeness (QED) is 0.748. The second-order valence-electron chi connectivity index (χ2n) is 4.05. The lowest BCUT2D eigenvalue weighted by atomic mass is 9.78. The van der Waals surface area contributed by atoms with Crippen LogP contribution in [0.5, 0.6) is 0 Å². The molecule has 16 heavy (non-hydrogen) atoms. The normalized spacial score (nSPS) is 24.6. The second-order valence-corrected chi connectivity index (χ2v) is 4.05. The topological polar surface area (TPSA) is 29.1 Å². The predicted molar refractivity (Wildman–Crippen MR) is 57.1 cm³/mol. The molecule has 1 rings (SSSR count). The first-order valence-electron chi connectivity index (χ1n) is 5.14. The van der Waals surface area contributed by atoms with Gasteiger partial charge in [-0.05, 0) is 19.4 Å². The number of hydrogen-bond acceptors (Lipinski definition) is 2. The van der Waals surface area contributed by atoms with E-state index in [1.807, 2.05) is 6.08 Å². The summed E-state index contributed by atoms with van der Waals surface area (Å²) in [5.41, 5.74) is 0. The highest BCUT2D eigenvalue weighted by molar-refractivity contribution is 5.92. The maximum Gasteiger partial charge on any atom is 0.398 e. The molecule has 0 aliphatic heterocycles. The van der Waals surface area contributed by atoms with Crippen LogP contribution in [0, 0.1) is 11.8 Å². The SMILES string of the molecule is C=CC(C)C.CNC1CC(C(F)(F)F)C1=O. The minimum Gasteiger partial charge on any atom is -0.311 e. The van der Waals surface area contributed by atoms with Crippen molar-refractivity contribution in [2.75, 3.05) is 7.05 Å². The molecule has 1 aliphatic rings. The zero-order chi connectivity index (χ0) is 12.9. The monoisotopic (exact) mass is 237 g/mol. The molecule has 1 saturated carbocycles.